The Morgan fingerprint density at radius 2 is 1.62 bits per heavy atom. The molecule has 180 valence electrons. The molecule has 1 fully saturated rings. The van der Waals surface area contributed by atoms with E-state index in [1.165, 1.54) is 12.0 Å². The van der Waals surface area contributed by atoms with Crippen molar-refractivity contribution in [3.63, 3.8) is 0 Å². The molecule has 1 aliphatic rings. The summed E-state index contributed by atoms with van der Waals surface area (Å²) in [5, 5.41) is 5.62. The van der Waals surface area contributed by atoms with E-state index in [0.29, 0.717) is 17.9 Å². The Balaban J connectivity index is 1.31. The number of hydrogen-bond acceptors (Lipinski definition) is 5. The average molecular weight is 482 g/mol. The van der Waals surface area contributed by atoms with Crippen LogP contribution >= 0.6 is 12.2 Å². The van der Waals surface area contributed by atoms with Crippen LogP contribution in [0.25, 0.3) is 0 Å². The van der Waals surface area contributed by atoms with Crippen LogP contribution in [0.4, 0.5) is 5.69 Å². The van der Waals surface area contributed by atoms with Crippen molar-refractivity contribution < 1.29 is 19.1 Å². The average Bonchev–Trinajstić information content (AvgIpc) is 2.86. The van der Waals surface area contributed by atoms with Crippen molar-refractivity contribution >= 4 is 40.8 Å². The maximum Gasteiger partial charge on any atom is 0.306 e. The van der Waals surface area contributed by atoms with Gasteiger partial charge in [0.15, 0.2) is 5.11 Å². The number of nitrogens with one attached hydrogen (secondary N) is 2. The van der Waals surface area contributed by atoms with Crippen LogP contribution in [0.1, 0.15) is 54.4 Å². The van der Waals surface area contributed by atoms with Crippen LogP contribution in [0.2, 0.25) is 0 Å². The number of benzene rings is 2. The number of thiocarbonyl (C=S) groups is 1. The van der Waals surface area contributed by atoms with E-state index < -0.39 is 5.97 Å². The molecule has 2 N–H and O–H groups in total. The second kappa shape index (κ2) is 13.4. The molecule has 0 spiro atoms. The van der Waals surface area contributed by atoms with Crippen LogP contribution in [-0.2, 0) is 20.7 Å². The minimum atomic E-state index is -0.406. The third-order valence-electron chi connectivity index (χ3n) is 5.56. The maximum atomic E-state index is 12.5. The topological polar surface area (TPSA) is 87.7 Å². The van der Waals surface area contributed by atoms with Crippen molar-refractivity contribution in [2.24, 2.45) is 0 Å². The highest BCUT2D eigenvalue weighted by atomic mass is 32.1. The fourth-order valence-electron chi connectivity index (χ4n) is 3.72. The molecule has 0 radical (unpaired) electrons. The number of aryl methyl sites for hydroxylation is 1. The molecule has 0 saturated carbocycles. The molecule has 3 rings (SSSR count). The van der Waals surface area contributed by atoms with E-state index in [9.17, 15) is 14.4 Å². The number of anilines is 1. The van der Waals surface area contributed by atoms with Gasteiger partial charge in [0.2, 0.25) is 5.91 Å². The fourth-order valence-corrected chi connectivity index (χ4v) is 3.95. The number of piperidine rings is 1. The first kappa shape index (κ1) is 25.4. The number of esters is 1. The van der Waals surface area contributed by atoms with Gasteiger partial charge < -0.3 is 20.3 Å². The van der Waals surface area contributed by atoms with E-state index in [-0.39, 0.29) is 29.8 Å². The molecule has 2 aromatic rings. The highest BCUT2D eigenvalue weighted by molar-refractivity contribution is 7.80. The highest BCUT2D eigenvalue weighted by Crippen LogP contribution is 2.15. The number of carbonyl (C=O) groups is 3. The minimum Gasteiger partial charge on any atom is -0.466 e. The zero-order valence-corrected chi connectivity index (χ0v) is 20.1. The summed E-state index contributed by atoms with van der Waals surface area (Å²) in [6.07, 6.45) is 4.82. The molecule has 1 heterocycles. The van der Waals surface area contributed by atoms with Crippen LogP contribution in [0.15, 0.2) is 54.6 Å². The zero-order chi connectivity index (χ0) is 24.2. The van der Waals surface area contributed by atoms with Gasteiger partial charge in [0.25, 0.3) is 5.91 Å². The molecule has 1 aliphatic heterocycles. The molecule has 2 aromatic carbocycles. The fraction of sp³-hybridized carbons (Fsp3) is 0.385. The smallest absolute Gasteiger partial charge is 0.306 e. The number of likely N-dealkylation sites (tertiary alicyclic amines) is 1. The lowest BCUT2D eigenvalue weighted by Crippen LogP contribution is -2.35. The van der Waals surface area contributed by atoms with Gasteiger partial charge in [-0.1, -0.05) is 30.3 Å². The molecule has 1 saturated heterocycles. The summed E-state index contributed by atoms with van der Waals surface area (Å²) in [6, 6.07) is 17.0. The number of hydrogen-bond donors (Lipinski definition) is 2. The van der Waals surface area contributed by atoms with E-state index in [1.807, 2.05) is 35.2 Å². The quantitative estimate of drug-likeness (QED) is 0.319. The maximum absolute atomic E-state index is 12.5. The summed E-state index contributed by atoms with van der Waals surface area (Å²) in [5.74, 6) is -0.735. The molecule has 34 heavy (non-hydrogen) atoms. The minimum absolute atomic E-state index is 0.00685. The number of amides is 2. The summed E-state index contributed by atoms with van der Waals surface area (Å²) < 4.78 is 5.19. The molecule has 0 aliphatic carbocycles. The van der Waals surface area contributed by atoms with Crippen LogP contribution < -0.4 is 10.6 Å². The molecule has 8 heteroatoms. The first-order chi connectivity index (χ1) is 16.5. The zero-order valence-electron chi connectivity index (χ0n) is 19.3. The lowest BCUT2D eigenvalue weighted by Gasteiger charge is -2.26. The number of ether oxygens (including phenoxy) is 1. The second-order valence-electron chi connectivity index (χ2n) is 8.24. The molecular formula is C26H31N3O4S. The Labute approximate surface area is 205 Å². The van der Waals surface area contributed by atoms with E-state index in [0.717, 1.165) is 38.8 Å². The molecular weight excluding hydrogens is 450 g/mol. The molecule has 0 bridgehead atoms. The van der Waals surface area contributed by atoms with Gasteiger partial charge in [-0.2, -0.15) is 0 Å². The second-order valence-corrected chi connectivity index (χ2v) is 8.65. The van der Waals surface area contributed by atoms with Crippen LogP contribution in [0, 0.1) is 0 Å². The van der Waals surface area contributed by atoms with Gasteiger partial charge >= 0.3 is 5.97 Å². The number of rotatable bonds is 9. The van der Waals surface area contributed by atoms with Gasteiger partial charge in [0.1, 0.15) is 0 Å². The number of carbonyl (C=O) groups excluding carboxylic acids is 3. The van der Waals surface area contributed by atoms with Crippen LogP contribution in [0.3, 0.4) is 0 Å². The summed E-state index contributed by atoms with van der Waals surface area (Å²) in [4.78, 5) is 38.4. The highest BCUT2D eigenvalue weighted by Gasteiger charge is 2.18. The summed E-state index contributed by atoms with van der Waals surface area (Å²) in [7, 11) is 0. The van der Waals surface area contributed by atoms with Crippen LogP contribution in [0.5, 0.6) is 0 Å². The van der Waals surface area contributed by atoms with E-state index >= 15 is 0 Å². The van der Waals surface area contributed by atoms with Crippen molar-refractivity contribution in [3.8, 4) is 0 Å². The first-order valence-electron chi connectivity index (χ1n) is 11.7. The predicted molar refractivity (Wildman–Crippen MR) is 136 cm³/mol. The Morgan fingerprint density at radius 3 is 2.32 bits per heavy atom. The standard InChI is InChI=1S/C26H31N3O4S/c30-23(15-16-24(31)33-19-7-10-20-8-3-1-4-9-20)28-26(34)27-22-13-11-21(12-14-22)25(32)29-17-5-2-6-18-29/h1,3-4,8-9,11-14H,2,5-7,10,15-19H2,(H2,27,28,30,34). The third-order valence-corrected chi connectivity index (χ3v) is 5.76. The summed E-state index contributed by atoms with van der Waals surface area (Å²) in [5.41, 5.74) is 2.49. The number of nitrogens with zero attached hydrogens (tertiary/aromatic N) is 1. The molecule has 0 aromatic heterocycles. The van der Waals surface area contributed by atoms with Crippen LogP contribution in [-0.4, -0.2) is 47.5 Å². The largest absolute Gasteiger partial charge is 0.466 e. The van der Waals surface area contributed by atoms with Gasteiger partial charge in [-0.05, 0) is 74.2 Å². The summed E-state index contributed by atoms with van der Waals surface area (Å²) >= 11 is 5.18. The van der Waals surface area contributed by atoms with Crippen molar-refractivity contribution in [1.82, 2.24) is 10.2 Å². The monoisotopic (exact) mass is 481 g/mol. The lowest BCUT2D eigenvalue weighted by molar-refractivity contribution is -0.145. The van der Waals surface area contributed by atoms with Crippen molar-refractivity contribution in [1.29, 1.82) is 0 Å². The Kier molecular flexibility index (Phi) is 10.0. The van der Waals surface area contributed by atoms with Gasteiger partial charge in [-0.15, -0.1) is 0 Å². The molecule has 0 atom stereocenters. The Bertz CT molecular complexity index is 973. The Morgan fingerprint density at radius 1 is 0.912 bits per heavy atom. The lowest BCUT2D eigenvalue weighted by atomic mass is 10.1. The molecule has 7 nitrogen and oxygen atoms in total. The van der Waals surface area contributed by atoms with Crippen molar-refractivity contribution in [2.45, 2.75) is 44.9 Å². The SMILES string of the molecule is O=C(CCC(=O)OCCCc1ccccc1)NC(=S)Nc1ccc(C(=O)N2CCCCC2)cc1. The Hall–Kier alpha value is -3.26. The van der Waals surface area contributed by atoms with E-state index in [4.69, 9.17) is 17.0 Å². The molecule has 0 unspecified atom stereocenters. The van der Waals surface area contributed by atoms with Crippen molar-refractivity contribution in [3.05, 3.63) is 65.7 Å². The molecule has 2 amide bonds. The van der Waals surface area contributed by atoms with E-state index in [1.54, 1.807) is 24.3 Å². The van der Waals surface area contributed by atoms with E-state index in [2.05, 4.69) is 10.6 Å². The summed E-state index contributed by atoms with van der Waals surface area (Å²) in [6.45, 7) is 1.93. The van der Waals surface area contributed by atoms with Gasteiger partial charge in [0, 0.05) is 30.8 Å². The normalized spacial score (nSPS) is 13.1. The van der Waals surface area contributed by atoms with Gasteiger partial charge in [-0.3, -0.25) is 14.4 Å². The van der Waals surface area contributed by atoms with Crippen molar-refractivity contribution in [2.75, 3.05) is 25.0 Å². The predicted octanol–water partition coefficient (Wildman–Crippen LogP) is 4.08. The van der Waals surface area contributed by atoms with Gasteiger partial charge in [0.05, 0.1) is 13.0 Å². The third kappa shape index (κ3) is 8.59. The first-order valence-corrected chi connectivity index (χ1v) is 12.1. The van der Waals surface area contributed by atoms with Gasteiger partial charge in [-0.25, -0.2) is 0 Å².